The second-order valence-corrected chi connectivity index (χ2v) is 10.2. The summed E-state index contributed by atoms with van der Waals surface area (Å²) in [5.41, 5.74) is 5.05. The molecule has 0 amide bonds. The smallest absolute Gasteiger partial charge is 0.107 e. The van der Waals surface area contributed by atoms with Gasteiger partial charge in [0.1, 0.15) is 11.4 Å². The summed E-state index contributed by atoms with van der Waals surface area (Å²) >= 11 is 0. The van der Waals surface area contributed by atoms with Gasteiger partial charge in [-0.3, -0.25) is 29.7 Å². The van der Waals surface area contributed by atoms with Crippen molar-refractivity contribution in [3.8, 4) is 22.8 Å². The third-order valence-electron chi connectivity index (χ3n) is 6.99. The quantitative estimate of drug-likeness (QED) is 0.324. The fourth-order valence-corrected chi connectivity index (χ4v) is 4.70. The summed E-state index contributed by atoms with van der Waals surface area (Å²) in [5.74, 6) is 0. The molecule has 1 aliphatic rings. The minimum absolute atomic E-state index is 0.537. The van der Waals surface area contributed by atoms with Gasteiger partial charge < -0.3 is 18.9 Å². The summed E-state index contributed by atoms with van der Waals surface area (Å²) in [6, 6.07) is 12.0. The number of hydrogen-bond donors (Lipinski definition) is 0. The summed E-state index contributed by atoms with van der Waals surface area (Å²) in [5, 5.41) is 0. The molecule has 4 aromatic rings. The Kier molecular flexibility index (Phi) is 13.0. The molecule has 0 atom stereocenters. The summed E-state index contributed by atoms with van der Waals surface area (Å²) in [6.45, 7) is 8.91. The Morgan fingerprint density at radius 3 is 1.25 bits per heavy atom. The van der Waals surface area contributed by atoms with Gasteiger partial charge in [0.2, 0.25) is 0 Å². The molecule has 5 rings (SSSR count). The average Bonchev–Trinajstić information content (AvgIpc) is 3.07. The first kappa shape index (κ1) is 31.6. The molecule has 5 heterocycles. The first-order valence-corrected chi connectivity index (χ1v) is 15.0. The SMILES string of the molecule is c1cc(CN2CCOCCOCCN(Cc3cccc(-c4cnccn4)n3)CCOCCOCC2)nc(-c2cnccn2)c1. The van der Waals surface area contributed by atoms with E-state index in [-0.39, 0.29) is 0 Å². The van der Waals surface area contributed by atoms with Crippen LogP contribution in [0.1, 0.15) is 11.4 Å². The first-order valence-electron chi connectivity index (χ1n) is 15.0. The maximum atomic E-state index is 5.92. The van der Waals surface area contributed by atoms with Crippen LogP contribution < -0.4 is 0 Å². The average molecular weight is 601 g/mol. The molecular formula is C32H40N8O4. The molecule has 1 saturated heterocycles. The zero-order valence-corrected chi connectivity index (χ0v) is 25.0. The summed E-state index contributed by atoms with van der Waals surface area (Å²) in [4.78, 5) is 31.3. The van der Waals surface area contributed by atoms with Gasteiger partial charge in [-0.1, -0.05) is 12.1 Å². The van der Waals surface area contributed by atoms with E-state index in [0.717, 1.165) is 60.3 Å². The van der Waals surface area contributed by atoms with Crippen molar-refractivity contribution in [2.75, 3.05) is 79.0 Å². The normalized spacial score (nSPS) is 17.5. The van der Waals surface area contributed by atoms with E-state index >= 15 is 0 Å². The van der Waals surface area contributed by atoms with Gasteiger partial charge >= 0.3 is 0 Å². The van der Waals surface area contributed by atoms with Crippen molar-refractivity contribution in [3.05, 3.63) is 85.0 Å². The summed E-state index contributed by atoms with van der Waals surface area (Å²) in [7, 11) is 0. The number of pyridine rings is 2. The Labute approximate surface area is 258 Å². The molecule has 0 bridgehead atoms. The minimum atomic E-state index is 0.537. The predicted octanol–water partition coefficient (Wildman–Crippen LogP) is 2.77. The van der Waals surface area contributed by atoms with Gasteiger partial charge in [0.25, 0.3) is 0 Å². The highest BCUT2D eigenvalue weighted by Gasteiger charge is 2.12. The second-order valence-electron chi connectivity index (χ2n) is 10.2. The standard InChI is InChI=1S/C32H40N8O4/c1-3-27(37-29(5-1)31-23-33-7-9-35-31)25-39-11-15-41-19-21-43-17-13-40(14-18-44-22-20-42-16-12-39)26-28-4-2-6-30(38-28)32-24-34-8-10-36-32/h1-10,23-24H,11-22,25-26H2. The van der Waals surface area contributed by atoms with Crippen LogP contribution in [0.4, 0.5) is 0 Å². The number of aromatic nitrogens is 6. The van der Waals surface area contributed by atoms with Gasteiger partial charge in [-0.25, -0.2) is 9.97 Å². The molecule has 1 aliphatic heterocycles. The van der Waals surface area contributed by atoms with Crippen LogP contribution in [-0.2, 0) is 32.0 Å². The van der Waals surface area contributed by atoms with Gasteiger partial charge in [0.05, 0.1) is 88.0 Å². The van der Waals surface area contributed by atoms with Crippen molar-refractivity contribution < 1.29 is 18.9 Å². The van der Waals surface area contributed by atoms with E-state index in [1.165, 1.54) is 0 Å². The molecule has 0 radical (unpaired) electrons. The maximum Gasteiger partial charge on any atom is 0.107 e. The Morgan fingerprint density at radius 1 is 0.477 bits per heavy atom. The molecule has 0 unspecified atom stereocenters. The van der Waals surface area contributed by atoms with E-state index in [0.29, 0.717) is 65.9 Å². The van der Waals surface area contributed by atoms with Crippen molar-refractivity contribution >= 4 is 0 Å². The lowest BCUT2D eigenvalue weighted by Gasteiger charge is -2.23. The van der Waals surface area contributed by atoms with Crippen LogP contribution >= 0.6 is 0 Å². The zero-order valence-electron chi connectivity index (χ0n) is 25.0. The Morgan fingerprint density at radius 2 is 0.886 bits per heavy atom. The topological polar surface area (TPSA) is 121 Å². The van der Waals surface area contributed by atoms with E-state index in [1.807, 2.05) is 36.4 Å². The Balaban J connectivity index is 1.10. The van der Waals surface area contributed by atoms with E-state index in [1.54, 1.807) is 37.2 Å². The van der Waals surface area contributed by atoms with Crippen molar-refractivity contribution in [1.82, 2.24) is 39.7 Å². The van der Waals surface area contributed by atoms with Gasteiger partial charge in [-0.15, -0.1) is 0 Å². The molecule has 0 saturated carbocycles. The minimum Gasteiger partial charge on any atom is -0.378 e. The molecule has 44 heavy (non-hydrogen) atoms. The largest absolute Gasteiger partial charge is 0.378 e. The number of ether oxygens (including phenoxy) is 4. The Hall–Kier alpha value is -3.78. The third-order valence-corrected chi connectivity index (χ3v) is 6.99. The zero-order chi connectivity index (χ0) is 30.1. The van der Waals surface area contributed by atoms with Crippen molar-refractivity contribution in [3.63, 3.8) is 0 Å². The fourth-order valence-electron chi connectivity index (χ4n) is 4.70. The van der Waals surface area contributed by atoms with E-state index in [2.05, 4.69) is 29.7 Å². The maximum absolute atomic E-state index is 5.92. The first-order chi connectivity index (χ1) is 21.8. The van der Waals surface area contributed by atoms with Crippen molar-refractivity contribution in [2.24, 2.45) is 0 Å². The molecule has 0 N–H and O–H groups in total. The number of rotatable bonds is 6. The highest BCUT2D eigenvalue weighted by atomic mass is 16.5. The molecule has 1 fully saturated rings. The van der Waals surface area contributed by atoms with Crippen molar-refractivity contribution in [1.29, 1.82) is 0 Å². The van der Waals surface area contributed by atoms with Crippen LogP contribution in [0, 0.1) is 0 Å². The lowest BCUT2D eigenvalue weighted by Crippen LogP contribution is -2.33. The van der Waals surface area contributed by atoms with Crippen LogP contribution in [-0.4, -0.2) is 119 Å². The predicted molar refractivity (Wildman–Crippen MR) is 164 cm³/mol. The number of nitrogens with zero attached hydrogens (tertiary/aromatic N) is 8. The molecule has 0 spiro atoms. The van der Waals surface area contributed by atoms with Gasteiger partial charge in [-0.05, 0) is 24.3 Å². The molecular weight excluding hydrogens is 560 g/mol. The van der Waals surface area contributed by atoms with Gasteiger partial charge in [-0.2, -0.15) is 0 Å². The summed E-state index contributed by atoms with van der Waals surface area (Å²) < 4.78 is 23.7. The lowest BCUT2D eigenvalue weighted by molar-refractivity contribution is 0.00600. The van der Waals surface area contributed by atoms with Crippen LogP contribution in [0.2, 0.25) is 0 Å². The van der Waals surface area contributed by atoms with Crippen LogP contribution in [0.5, 0.6) is 0 Å². The van der Waals surface area contributed by atoms with E-state index < -0.39 is 0 Å². The highest BCUT2D eigenvalue weighted by Crippen LogP contribution is 2.15. The van der Waals surface area contributed by atoms with E-state index in [9.17, 15) is 0 Å². The monoisotopic (exact) mass is 600 g/mol. The fraction of sp³-hybridized carbons (Fsp3) is 0.438. The molecule has 4 aromatic heterocycles. The highest BCUT2D eigenvalue weighted by molar-refractivity contribution is 5.53. The second kappa shape index (κ2) is 18.1. The van der Waals surface area contributed by atoms with E-state index in [4.69, 9.17) is 28.9 Å². The van der Waals surface area contributed by atoms with Crippen LogP contribution in [0.25, 0.3) is 22.8 Å². The molecule has 232 valence electrons. The van der Waals surface area contributed by atoms with Gasteiger partial charge in [0.15, 0.2) is 0 Å². The molecule has 0 aliphatic carbocycles. The number of hydrogen-bond acceptors (Lipinski definition) is 12. The van der Waals surface area contributed by atoms with Crippen LogP contribution in [0.15, 0.2) is 73.6 Å². The molecule has 12 nitrogen and oxygen atoms in total. The lowest BCUT2D eigenvalue weighted by atomic mass is 10.2. The Bertz CT molecular complexity index is 1240. The van der Waals surface area contributed by atoms with Gasteiger partial charge in [0, 0.05) is 64.1 Å². The summed E-state index contributed by atoms with van der Waals surface area (Å²) in [6.07, 6.45) is 10.1. The van der Waals surface area contributed by atoms with Crippen molar-refractivity contribution in [2.45, 2.75) is 13.1 Å². The molecule has 0 aromatic carbocycles. The molecule has 12 heteroatoms. The van der Waals surface area contributed by atoms with Crippen LogP contribution in [0.3, 0.4) is 0 Å². The third kappa shape index (κ3) is 10.7.